The van der Waals surface area contributed by atoms with Crippen LogP contribution in [0.2, 0.25) is 0 Å². The van der Waals surface area contributed by atoms with Gasteiger partial charge in [0.2, 0.25) is 0 Å². The normalized spacial score (nSPS) is 10.7. The molecule has 15 heavy (non-hydrogen) atoms. The number of hydrogen-bond donors (Lipinski definition) is 0. The summed E-state index contributed by atoms with van der Waals surface area (Å²) < 4.78 is 0. The van der Waals surface area contributed by atoms with E-state index in [4.69, 9.17) is 0 Å². The highest BCUT2D eigenvalue weighted by atomic mass is 14.6. The van der Waals surface area contributed by atoms with E-state index in [1.54, 1.807) is 0 Å². The third-order valence-electron chi connectivity index (χ3n) is 2.72. The second-order valence-electron chi connectivity index (χ2n) is 3.82. The number of pyridine rings is 1. The SMILES string of the molecule is [CH2]CCCCc1cccc2ccncc12. The van der Waals surface area contributed by atoms with Crippen LogP contribution in [0.4, 0.5) is 0 Å². The Hall–Kier alpha value is -1.37. The predicted molar refractivity (Wildman–Crippen MR) is 64.7 cm³/mol. The number of rotatable bonds is 4. The fourth-order valence-electron chi connectivity index (χ4n) is 1.89. The number of nitrogens with zero attached hydrogens (tertiary/aromatic N) is 1. The van der Waals surface area contributed by atoms with Gasteiger partial charge in [0.15, 0.2) is 0 Å². The zero-order valence-electron chi connectivity index (χ0n) is 8.95. The maximum Gasteiger partial charge on any atom is 0.0349 e. The van der Waals surface area contributed by atoms with Crippen molar-refractivity contribution in [3.05, 3.63) is 49.1 Å². The van der Waals surface area contributed by atoms with E-state index in [0.29, 0.717) is 0 Å². The highest BCUT2D eigenvalue weighted by molar-refractivity contribution is 5.84. The molecule has 1 heteroatoms. The summed E-state index contributed by atoms with van der Waals surface area (Å²) in [5.74, 6) is 0. The Balaban J connectivity index is 2.26. The van der Waals surface area contributed by atoms with Crippen molar-refractivity contribution in [3.8, 4) is 0 Å². The fraction of sp³-hybridized carbons (Fsp3) is 0.286. The molecule has 2 aromatic rings. The van der Waals surface area contributed by atoms with Crippen LogP contribution in [0.15, 0.2) is 36.7 Å². The lowest BCUT2D eigenvalue weighted by atomic mass is 10.0. The molecule has 1 aromatic heterocycles. The van der Waals surface area contributed by atoms with Crippen LogP contribution in [-0.4, -0.2) is 4.98 Å². The molecule has 0 saturated carbocycles. The Bertz CT molecular complexity index is 429. The van der Waals surface area contributed by atoms with Gasteiger partial charge in [0.05, 0.1) is 0 Å². The van der Waals surface area contributed by atoms with Crippen LogP contribution in [0, 0.1) is 6.92 Å². The van der Waals surface area contributed by atoms with Crippen LogP contribution in [0.5, 0.6) is 0 Å². The molecular weight excluding hydrogens is 182 g/mol. The van der Waals surface area contributed by atoms with Crippen LogP contribution >= 0.6 is 0 Å². The first-order valence-electron chi connectivity index (χ1n) is 5.52. The molecule has 0 aliphatic rings. The number of benzene rings is 1. The van der Waals surface area contributed by atoms with Crippen LogP contribution in [0.1, 0.15) is 24.8 Å². The van der Waals surface area contributed by atoms with Crippen molar-refractivity contribution in [3.63, 3.8) is 0 Å². The molecule has 0 unspecified atom stereocenters. The highest BCUT2D eigenvalue weighted by Crippen LogP contribution is 2.19. The standard InChI is InChI=1S/C14H16N/c1-2-3-4-6-12-7-5-8-13-9-10-15-11-14(12)13/h5,7-11H,1-4,6H2. The molecule has 0 atom stereocenters. The lowest BCUT2D eigenvalue weighted by Crippen LogP contribution is -1.88. The topological polar surface area (TPSA) is 12.9 Å². The minimum absolute atomic E-state index is 1.03. The second-order valence-corrected chi connectivity index (χ2v) is 3.82. The molecule has 1 radical (unpaired) electrons. The van der Waals surface area contributed by atoms with Gasteiger partial charge in [-0.05, 0) is 29.9 Å². The van der Waals surface area contributed by atoms with Gasteiger partial charge in [-0.25, -0.2) is 0 Å². The second kappa shape index (κ2) is 4.92. The van der Waals surface area contributed by atoms with Crippen molar-refractivity contribution in [1.82, 2.24) is 4.98 Å². The van der Waals surface area contributed by atoms with Gasteiger partial charge in [-0.2, -0.15) is 0 Å². The summed E-state index contributed by atoms with van der Waals surface area (Å²) >= 11 is 0. The van der Waals surface area contributed by atoms with Crippen molar-refractivity contribution < 1.29 is 0 Å². The highest BCUT2D eigenvalue weighted by Gasteiger charge is 1.99. The Morgan fingerprint density at radius 1 is 1.13 bits per heavy atom. The lowest BCUT2D eigenvalue weighted by Gasteiger charge is -2.05. The van der Waals surface area contributed by atoms with Gasteiger partial charge in [-0.3, -0.25) is 4.98 Å². The van der Waals surface area contributed by atoms with E-state index in [-0.39, 0.29) is 0 Å². The van der Waals surface area contributed by atoms with E-state index < -0.39 is 0 Å². The van der Waals surface area contributed by atoms with Crippen LogP contribution in [-0.2, 0) is 6.42 Å². The minimum Gasteiger partial charge on any atom is -0.264 e. The molecule has 77 valence electrons. The molecule has 0 bridgehead atoms. The molecule has 1 nitrogen and oxygen atoms in total. The fourth-order valence-corrected chi connectivity index (χ4v) is 1.89. The van der Waals surface area contributed by atoms with Crippen molar-refractivity contribution in [2.24, 2.45) is 0 Å². The van der Waals surface area contributed by atoms with Crippen molar-refractivity contribution in [2.75, 3.05) is 0 Å². The van der Waals surface area contributed by atoms with Gasteiger partial charge in [-0.15, -0.1) is 0 Å². The van der Waals surface area contributed by atoms with E-state index >= 15 is 0 Å². The molecule has 0 amide bonds. The summed E-state index contributed by atoms with van der Waals surface area (Å²) in [6.45, 7) is 3.87. The maximum atomic E-state index is 4.19. The third kappa shape index (κ3) is 2.35. The summed E-state index contributed by atoms with van der Waals surface area (Å²) in [4.78, 5) is 4.19. The Morgan fingerprint density at radius 2 is 2.07 bits per heavy atom. The molecule has 0 N–H and O–H groups in total. The van der Waals surface area contributed by atoms with Gasteiger partial charge < -0.3 is 0 Å². The first-order valence-corrected chi connectivity index (χ1v) is 5.52. The zero-order valence-corrected chi connectivity index (χ0v) is 8.95. The Kier molecular flexibility index (Phi) is 3.33. The largest absolute Gasteiger partial charge is 0.264 e. The van der Waals surface area contributed by atoms with Gasteiger partial charge in [0.25, 0.3) is 0 Å². The van der Waals surface area contributed by atoms with E-state index in [1.807, 2.05) is 12.4 Å². The van der Waals surface area contributed by atoms with Crippen LogP contribution in [0.3, 0.4) is 0 Å². The molecule has 0 aliphatic carbocycles. The van der Waals surface area contributed by atoms with E-state index in [9.17, 15) is 0 Å². The summed E-state index contributed by atoms with van der Waals surface area (Å²) in [6, 6.07) is 8.54. The summed E-state index contributed by atoms with van der Waals surface area (Å²) in [6.07, 6.45) is 8.41. The average Bonchev–Trinajstić information content (AvgIpc) is 2.30. The van der Waals surface area contributed by atoms with Crippen LogP contribution in [0.25, 0.3) is 10.8 Å². The van der Waals surface area contributed by atoms with E-state index in [1.165, 1.54) is 29.2 Å². The van der Waals surface area contributed by atoms with Gasteiger partial charge in [0.1, 0.15) is 0 Å². The molecular formula is C14H16N. The number of unbranched alkanes of at least 4 members (excludes halogenated alkanes) is 2. The smallest absolute Gasteiger partial charge is 0.0349 e. The number of aryl methyl sites for hydroxylation is 1. The molecule has 0 aliphatic heterocycles. The third-order valence-corrected chi connectivity index (χ3v) is 2.72. The van der Waals surface area contributed by atoms with Crippen molar-refractivity contribution in [2.45, 2.75) is 25.7 Å². The summed E-state index contributed by atoms with van der Waals surface area (Å²) in [7, 11) is 0. The first kappa shape index (κ1) is 10.2. The summed E-state index contributed by atoms with van der Waals surface area (Å²) in [5, 5.41) is 2.58. The van der Waals surface area contributed by atoms with Crippen molar-refractivity contribution in [1.29, 1.82) is 0 Å². The minimum atomic E-state index is 1.03. The first-order chi connectivity index (χ1) is 7.42. The quantitative estimate of drug-likeness (QED) is 0.681. The maximum absolute atomic E-state index is 4.19. The average molecular weight is 198 g/mol. The Morgan fingerprint density at radius 3 is 2.93 bits per heavy atom. The number of fused-ring (bicyclic) bond motifs is 1. The molecule has 0 spiro atoms. The monoisotopic (exact) mass is 198 g/mol. The van der Waals surface area contributed by atoms with Crippen LogP contribution < -0.4 is 0 Å². The number of hydrogen-bond acceptors (Lipinski definition) is 1. The van der Waals surface area contributed by atoms with E-state index in [0.717, 1.165) is 12.8 Å². The summed E-state index contributed by atoms with van der Waals surface area (Å²) in [5.41, 5.74) is 1.41. The van der Waals surface area contributed by atoms with Gasteiger partial charge in [-0.1, -0.05) is 38.0 Å². The molecule has 0 fully saturated rings. The predicted octanol–water partition coefficient (Wildman–Crippen LogP) is 3.78. The molecule has 1 heterocycles. The molecule has 2 rings (SSSR count). The van der Waals surface area contributed by atoms with Crippen molar-refractivity contribution >= 4 is 10.8 Å². The van der Waals surface area contributed by atoms with Gasteiger partial charge in [0, 0.05) is 17.8 Å². The number of aromatic nitrogens is 1. The lowest BCUT2D eigenvalue weighted by molar-refractivity contribution is 0.749. The van der Waals surface area contributed by atoms with E-state index in [2.05, 4.69) is 36.2 Å². The van der Waals surface area contributed by atoms with Gasteiger partial charge >= 0.3 is 0 Å². The molecule has 0 saturated heterocycles. The Labute approximate surface area is 91.2 Å². The zero-order chi connectivity index (χ0) is 10.5. The molecule has 1 aromatic carbocycles.